The second kappa shape index (κ2) is 10.1. The summed E-state index contributed by atoms with van der Waals surface area (Å²) in [5.74, 6) is -0.148. The minimum absolute atomic E-state index is 0.126. The van der Waals surface area contributed by atoms with E-state index < -0.39 is 33.0 Å². The average Bonchev–Trinajstić information content (AvgIpc) is 3.11. The van der Waals surface area contributed by atoms with E-state index >= 15 is 0 Å². The largest absolute Gasteiger partial charge is 0.402 e. The van der Waals surface area contributed by atoms with E-state index in [4.69, 9.17) is 5.73 Å². The van der Waals surface area contributed by atoms with Crippen LogP contribution in [-0.2, 0) is 27.7 Å². The molecule has 1 aromatic carbocycles. The third kappa shape index (κ3) is 5.19. The highest BCUT2D eigenvalue weighted by atomic mass is 32.2. The number of fused-ring (bicyclic) bond motifs is 1. The number of carbonyl (C=O) groups is 1. The zero-order valence-corrected chi connectivity index (χ0v) is 20.3. The van der Waals surface area contributed by atoms with Crippen molar-refractivity contribution in [3.8, 4) is 0 Å². The van der Waals surface area contributed by atoms with E-state index in [1.165, 1.54) is 16.8 Å². The first kappa shape index (κ1) is 24.8. The van der Waals surface area contributed by atoms with Crippen molar-refractivity contribution >= 4 is 15.7 Å². The predicted molar refractivity (Wildman–Crippen MR) is 131 cm³/mol. The summed E-state index contributed by atoms with van der Waals surface area (Å²) >= 11 is 0. The van der Waals surface area contributed by atoms with Gasteiger partial charge in [0.2, 0.25) is 5.91 Å². The van der Waals surface area contributed by atoms with E-state index in [1.807, 2.05) is 0 Å². The van der Waals surface area contributed by atoms with Crippen molar-refractivity contribution in [1.82, 2.24) is 19.2 Å². The van der Waals surface area contributed by atoms with Gasteiger partial charge in [0.05, 0.1) is 17.2 Å². The van der Waals surface area contributed by atoms with Crippen molar-refractivity contribution in [3.63, 3.8) is 0 Å². The van der Waals surface area contributed by atoms with E-state index in [2.05, 4.69) is 11.9 Å². The summed E-state index contributed by atoms with van der Waals surface area (Å²) in [7, 11) is -3.68. The molecule has 0 bridgehead atoms. The number of rotatable bonds is 8. The molecular formula is C24H31N5O5S. The van der Waals surface area contributed by atoms with Crippen LogP contribution < -0.4 is 22.4 Å². The monoisotopic (exact) mass is 501 g/mol. The van der Waals surface area contributed by atoms with Gasteiger partial charge in [-0.1, -0.05) is 36.9 Å². The van der Waals surface area contributed by atoms with Gasteiger partial charge in [0.15, 0.2) is 15.9 Å². The number of hydrogen-bond acceptors (Lipinski definition) is 6. The van der Waals surface area contributed by atoms with Crippen molar-refractivity contribution in [1.29, 1.82) is 0 Å². The summed E-state index contributed by atoms with van der Waals surface area (Å²) < 4.78 is 28.4. The number of nitrogens with one attached hydrogen (secondary N) is 1. The second-order valence-electron chi connectivity index (χ2n) is 9.19. The highest BCUT2D eigenvalue weighted by Crippen LogP contribution is 2.30. The van der Waals surface area contributed by atoms with Gasteiger partial charge < -0.3 is 11.1 Å². The standard InChI is InChI=1S/C24H31N5O5S/c1-17(25)19-11-9-18(10-12-19)16-26-22(30)21-8-5-13-28-23(31)27(24(32)29(21)28)14-15-35(33,34)20-6-3-2-4-7-20/h2-8,18-19,21H,1,9-16,25H2,(H,26,30). The second-order valence-corrected chi connectivity index (χ2v) is 11.3. The lowest BCUT2D eigenvalue weighted by Crippen LogP contribution is -2.42. The number of carbonyl (C=O) groups excluding carboxylic acids is 1. The summed E-state index contributed by atoms with van der Waals surface area (Å²) in [5.41, 5.74) is 5.18. The third-order valence-electron chi connectivity index (χ3n) is 6.89. The fraction of sp³-hybridized carbons (Fsp3) is 0.458. The molecule has 188 valence electrons. The summed E-state index contributed by atoms with van der Waals surface area (Å²) in [4.78, 5) is 39.1. The van der Waals surface area contributed by atoms with Crippen molar-refractivity contribution in [3.05, 3.63) is 75.7 Å². The maximum Gasteiger partial charge on any atom is 0.348 e. The van der Waals surface area contributed by atoms with Crippen molar-refractivity contribution in [2.24, 2.45) is 17.6 Å². The van der Waals surface area contributed by atoms with Crippen molar-refractivity contribution in [2.45, 2.75) is 49.7 Å². The zero-order chi connectivity index (χ0) is 25.2. The molecule has 1 aliphatic heterocycles. The zero-order valence-electron chi connectivity index (χ0n) is 19.5. The first-order valence-electron chi connectivity index (χ1n) is 11.8. The third-order valence-corrected chi connectivity index (χ3v) is 8.60. The van der Waals surface area contributed by atoms with Crippen LogP contribution in [0.1, 0.15) is 31.7 Å². The molecule has 4 rings (SSSR count). The number of benzene rings is 1. The number of sulfone groups is 1. The van der Waals surface area contributed by atoms with E-state index in [0.717, 1.165) is 34.9 Å². The lowest BCUT2D eigenvalue weighted by molar-refractivity contribution is -0.124. The molecule has 0 radical (unpaired) electrons. The Hall–Kier alpha value is -3.34. The van der Waals surface area contributed by atoms with Crippen LogP contribution in [0, 0.1) is 11.8 Å². The lowest BCUT2D eigenvalue weighted by Gasteiger charge is -2.29. The molecule has 1 aromatic heterocycles. The lowest BCUT2D eigenvalue weighted by atomic mass is 9.81. The Morgan fingerprint density at radius 3 is 2.43 bits per heavy atom. The molecule has 2 aromatic rings. The van der Waals surface area contributed by atoms with Crippen LogP contribution in [0.15, 0.2) is 69.2 Å². The molecule has 35 heavy (non-hydrogen) atoms. The first-order valence-corrected chi connectivity index (χ1v) is 13.4. The molecule has 1 unspecified atom stereocenters. The molecule has 1 atom stereocenters. The number of aromatic nitrogens is 3. The molecule has 0 saturated heterocycles. The Morgan fingerprint density at radius 2 is 1.77 bits per heavy atom. The summed E-state index contributed by atoms with van der Waals surface area (Å²) in [5, 5.41) is 2.92. The van der Waals surface area contributed by atoms with Gasteiger partial charge in [-0.3, -0.25) is 4.79 Å². The fourth-order valence-corrected chi connectivity index (χ4v) is 6.01. The predicted octanol–water partition coefficient (Wildman–Crippen LogP) is 0.791. The van der Waals surface area contributed by atoms with E-state index in [9.17, 15) is 22.8 Å². The minimum Gasteiger partial charge on any atom is -0.402 e. The fourth-order valence-electron chi connectivity index (χ4n) is 4.78. The number of nitrogens with two attached hydrogens (primary N) is 1. The summed E-state index contributed by atoms with van der Waals surface area (Å²) in [6.07, 6.45) is 6.99. The van der Waals surface area contributed by atoms with Crippen LogP contribution in [-0.4, -0.2) is 40.6 Å². The van der Waals surface area contributed by atoms with Crippen LogP contribution in [0.3, 0.4) is 0 Å². The SMILES string of the molecule is C=C(N)C1CCC(CNC(=O)C2C=CCn3c(=O)n(CCS(=O)(=O)c4ccccc4)c(=O)n32)CC1. The smallest absolute Gasteiger partial charge is 0.348 e. The molecule has 3 N–H and O–H groups in total. The number of allylic oxidation sites excluding steroid dienone is 2. The molecule has 10 nitrogen and oxygen atoms in total. The Morgan fingerprint density at radius 1 is 1.09 bits per heavy atom. The number of nitrogens with zero attached hydrogens (tertiary/aromatic N) is 3. The van der Waals surface area contributed by atoms with Crippen LogP contribution in [0.2, 0.25) is 0 Å². The normalized spacial score (nSPS) is 21.9. The van der Waals surface area contributed by atoms with Gasteiger partial charge in [-0.15, -0.1) is 0 Å². The number of hydrogen-bond donors (Lipinski definition) is 2. The quantitative estimate of drug-likeness (QED) is 0.513. The molecule has 0 spiro atoms. The highest BCUT2D eigenvalue weighted by molar-refractivity contribution is 7.91. The molecular weight excluding hydrogens is 470 g/mol. The molecule has 2 aliphatic rings. The van der Waals surface area contributed by atoms with Crippen LogP contribution in [0.25, 0.3) is 0 Å². The Balaban J connectivity index is 1.45. The molecule has 1 fully saturated rings. The van der Waals surface area contributed by atoms with E-state index in [-0.39, 0.29) is 23.9 Å². The van der Waals surface area contributed by atoms with Gasteiger partial charge in [0, 0.05) is 18.8 Å². The van der Waals surface area contributed by atoms with Gasteiger partial charge in [-0.05, 0) is 49.7 Å². The van der Waals surface area contributed by atoms with Crippen LogP contribution in [0.5, 0.6) is 0 Å². The summed E-state index contributed by atoms with van der Waals surface area (Å²) in [6.45, 7) is 4.13. The Kier molecular flexibility index (Phi) is 7.15. The van der Waals surface area contributed by atoms with Crippen LogP contribution in [0.4, 0.5) is 0 Å². The van der Waals surface area contributed by atoms with E-state index in [1.54, 1.807) is 30.4 Å². The Bertz CT molecular complexity index is 1340. The van der Waals surface area contributed by atoms with Gasteiger partial charge in [0.25, 0.3) is 0 Å². The molecule has 11 heteroatoms. The average molecular weight is 502 g/mol. The maximum absolute atomic E-state index is 13.1. The number of amides is 1. The summed E-state index contributed by atoms with van der Waals surface area (Å²) in [6, 6.07) is 6.90. The molecule has 1 amide bonds. The van der Waals surface area contributed by atoms with Crippen molar-refractivity contribution in [2.75, 3.05) is 12.3 Å². The topological polar surface area (TPSA) is 138 Å². The van der Waals surface area contributed by atoms with Gasteiger partial charge in [-0.2, -0.15) is 0 Å². The maximum atomic E-state index is 13.1. The highest BCUT2D eigenvalue weighted by Gasteiger charge is 2.30. The first-order chi connectivity index (χ1) is 16.7. The van der Waals surface area contributed by atoms with Crippen LogP contribution >= 0.6 is 0 Å². The van der Waals surface area contributed by atoms with Gasteiger partial charge >= 0.3 is 11.4 Å². The molecule has 1 aliphatic carbocycles. The van der Waals surface area contributed by atoms with Gasteiger partial charge in [-0.25, -0.2) is 31.9 Å². The minimum atomic E-state index is -3.68. The molecule has 1 saturated carbocycles. The van der Waals surface area contributed by atoms with E-state index in [0.29, 0.717) is 24.1 Å². The van der Waals surface area contributed by atoms with Gasteiger partial charge in [0.1, 0.15) is 0 Å². The Labute approximate surface area is 203 Å². The molecule has 2 heterocycles. The van der Waals surface area contributed by atoms with Crippen molar-refractivity contribution < 1.29 is 13.2 Å².